The van der Waals surface area contributed by atoms with Gasteiger partial charge in [0, 0.05) is 6.42 Å². The smallest absolute Gasteiger partial charge is 0.262 e. The monoisotopic (exact) mass is 149 g/mol. The Kier molecular flexibility index (Phi) is 2.24. The standard InChI is InChI=1S/C7H13F2N/c8-7(9)5-3-1-2-4-6(7)10/h6H,1-5,10H2/t6-/m0/s1. The lowest BCUT2D eigenvalue weighted by atomic mass is 10.1. The average Bonchev–Trinajstić information content (AvgIpc) is 1.96. The fourth-order valence-electron chi connectivity index (χ4n) is 1.30. The summed E-state index contributed by atoms with van der Waals surface area (Å²) in [6, 6.07) is -0.894. The third kappa shape index (κ3) is 1.66. The van der Waals surface area contributed by atoms with E-state index in [9.17, 15) is 8.78 Å². The Balaban J connectivity index is 2.52. The maximum atomic E-state index is 12.7. The first-order chi connectivity index (χ1) is 4.63. The quantitative estimate of drug-likeness (QED) is 0.523. The van der Waals surface area contributed by atoms with Crippen LogP contribution in [0.2, 0.25) is 0 Å². The van der Waals surface area contributed by atoms with Crippen LogP contribution in [0.4, 0.5) is 8.78 Å². The van der Waals surface area contributed by atoms with E-state index in [2.05, 4.69) is 0 Å². The number of nitrogens with two attached hydrogens (primary N) is 1. The zero-order chi connectivity index (χ0) is 7.61. The number of hydrogen-bond donors (Lipinski definition) is 1. The summed E-state index contributed by atoms with van der Waals surface area (Å²) in [4.78, 5) is 0. The number of halogens is 2. The van der Waals surface area contributed by atoms with E-state index in [4.69, 9.17) is 5.73 Å². The molecule has 0 aliphatic heterocycles. The molecule has 10 heavy (non-hydrogen) atoms. The Morgan fingerprint density at radius 3 is 2.60 bits per heavy atom. The van der Waals surface area contributed by atoms with Crippen LogP contribution in [-0.4, -0.2) is 12.0 Å². The van der Waals surface area contributed by atoms with Gasteiger partial charge in [0.1, 0.15) is 0 Å². The van der Waals surface area contributed by atoms with Crippen molar-refractivity contribution in [1.29, 1.82) is 0 Å². The van der Waals surface area contributed by atoms with E-state index in [-0.39, 0.29) is 6.42 Å². The zero-order valence-corrected chi connectivity index (χ0v) is 5.95. The summed E-state index contributed by atoms with van der Waals surface area (Å²) in [7, 11) is 0. The molecule has 1 aliphatic rings. The second-order valence-corrected chi connectivity index (χ2v) is 2.97. The van der Waals surface area contributed by atoms with E-state index in [1.807, 2.05) is 0 Å². The van der Waals surface area contributed by atoms with Crippen molar-refractivity contribution in [2.45, 2.75) is 44.1 Å². The lowest BCUT2D eigenvalue weighted by molar-refractivity contribution is -0.0308. The van der Waals surface area contributed by atoms with Gasteiger partial charge in [-0.3, -0.25) is 0 Å². The second kappa shape index (κ2) is 2.82. The van der Waals surface area contributed by atoms with Crippen LogP contribution in [0.15, 0.2) is 0 Å². The molecule has 60 valence electrons. The molecule has 1 atom stereocenters. The molecular weight excluding hydrogens is 136 g/mol. The molecule has 1 fully saturated rings. The average molecular weight is 149 g/mol. The van der Waals surface area contributed by atoms with E-state index in [0.717, 1.165) is 12.8 Å². The van der Waals surface area contributed by atoms with Crippen molar-refractivity contribution >= 4 is 0 Å². The van der Waals surface area contributed by atoms with E-state index < -0.39 is 12.0 Å². The van der Waals surface area contributed by atoms with Crippen molar-refractivity contribution in [3.05, 3.63) is 0 Å². The SMILES string of the molecule is N[C@H]1CCCCCC1(F)F. The summed E-state index contributed by atoms with van der Waals surface area (Å²) >= 11 is 0. The topological polar surface area (TPSA) is 26.0 Å². The molecule has 0 spiro atoms. The third-order valence-corrected chi connectivity index (χ3v) is 2.07. The molecule has 3 heteroatoms. The van der Waals surface area contributed by atoms with Gasteiger partial charge in [-0.25, -0.2) is 8.78 Å². The van der Waals surface area contributed by atoms with Crippen LogP contribution in [0.1, 0.15) is 32.1 Å². The first kappa shape index (κ1) is 7.92. The summed E-state index contributed by atoms with van der Waals surface area (Å²) in [5.74, 6) is -2.60. The summed E-state index contributed by atoms with van der Waals surface area (Å²) in [5.41, 5.74) is 5.26. The molecule has 1 aliphatic carbocycles. The van der Waals surface area contributed by atoms with Crippen molar-refractivity contribution in [1.82, 2.24) is 0 Å². The summed E-state index contributed by atoms with van der Waals surface area (Å²) in [6.45, 7) is 0. The van der Waals surface area contributed by atoms with Gasteiger partial charge in [0.2, 0.25) is 0 Å². The molecule has 1 saturated carbocycles. The highest BCUT2D eigenvalue weighted by atomic mass is 19.3. The van der Waals surface area contributed by atoms with Gasteiger partial charge in [0.05, 0.1) is 6.04 Å². The molecule has 0 aromatic rings. The van der Waals surface area contributed by atoms with Crippen molar-refractivity contribution in [3.8, 4) is 0 Å². The van der Waals surface area contributed by atoms with Gasteiger partial charge in [-0.1, -0.05) is 12.8 Å². The third-order valence-electron chi connectivity index (χ3n) is 2.07. The second-order valence-electron chi connectivity index (χ2n) is 2.97. The minimum atomic E-state index is -2.60. The normalized spacial score (nSPS) is 33.3. The van der Waals surface area contributed by atoms with Crippen LogP contribution in [0.3, 0.4) is 0 Å². The minimum Gasteiger partial charge on any atom is -0.323 e. The van der Waals surface area contributed by atoms with Crippen LogP contribution in [0.5, 0.6) is 0 Å². The molecule has 0 aromatic heterocycles. The van der Waals surface area contributed by atoms with Gasteiger partial charge in [-0.15, -0.1) is 0 Å². The number of rotatable bonds is 0. The predicted octanol–water partition coefficient (Wildman–Crippen LogP) is 1.91. The highest BCUT2D eigenvalue weighted by Crippen LogP contribution is 2.30. The highest BCUT2D eigenvalue weighted by molar-refractivity contribution is 4.82. The maximum absolute atomic E-state index is 12.7. The molecule has 1 rings (SSSR count). The van der Waals surface area contributed by atoms with Crippen molar-refractivity contribution in [2.75, 3.05) is 0 Å². The lowest BCUT2D eigenvalue weighted by Gasteiger charge is -2.19. The van der Waals surface area contributed by atoms with E-state index in [1.54, 1.807) is 0 Å². The minimum absolute atomic E-state index is 0.0197. The van der Waals surface area contributed by atoms with Gasteiger partial charge >= 0.3 is 0 Å². The van der Waals surface area contributed by atoms with Gasteiger partial charge in [-0.05, 0) is 12.8 Å². The molecule has 0 saturated heterocycles. The van der Waals surface area contributed by atoms with Crippen molar-refractivity contribution < 1.29 is 8.78 Å². The fourth-order valence-corrected chi connectivity index (χ4v) is 1.30. The van der Waals surface area contributed by atoms with Crippen LogP contribution in [0.25, 0.3) is 0 Å². The number of alkyl halides is 2. The lowest BCUT2D eigenvalue weighted by Crippen LogP contribution is -2.39. The Labute approximate surface area is 59.6 Å². The van der Waals surface area contributed by atoms with Crippen LogP contribution >= 0.6 is 0 Å². The van der Waals surface area contributed by atoms with Crippen LogP contribution < -0.4 is 5.73 Å². The van der Waals surface area contributed by atoms with Crippen molar-refractivity contribution in [2.24, 2.45) is 5.73 Å². The van der Waals surface area contributed by atoms with Gasteiger partial charge in [-0.2, -0.15) is 0 Å². The van der Waals surface area contributed by atoms with E-state index >= 15 is 0 Å². The molecule has 0 aromatic carbocycles. The van der Waals surface area contributed by atoms with E-state index in [0.29, 0.717) is 12.8 Å². The molecule has 0 bridgehead atoms. The molecule has 0 heterocycles. The Bertz CT molecular complexity index is 114. The highest BCUT2D eigenvalue weighted by Gasteiger charge is 2.37. The van der Waals surface area contributed by atoms with Crippen LogP contribution in [0, 0.1) is 0 Å². The molecule has 2 N–H and O–H groups in total. The van der Waals surface area contributed by atoms with Gasteiger partial charge < -0.3 is 5.73 Å². The molecule has 1 nitrogen and oxygen atoms in total. The van der Waals surface area contributed by atoms with Crippen LogP contribution in [-0.2, 0) is 0 Å². The predicted molar refractivity (Wildman–Crippen MR) is 36.0 cm³/mol. The zero-order valence-electron chi connectivity index (χ0n) is 5.95. The van der Waals surface area contributed by atoms with E-state index in [1.165, 1.54) is 0 Å². The maximum Gasteiger partial charge on any atom is 0.262 e. The Hall–Kier alpha value is -0.180. The van der Waals surface area contributed by atoms with Crippen molar-refractivity contribution in [3.63, 3.8) is 0 Å². The molecule has 0 amide bonds. The van der Waals surface area contributed by atoms with Gasteiger partial charge in [0.15, 0.2) is 0 Å². The summed E-state index contributed by atoms with van der Waals surface area (Å²) < 4.78 is 25.5. The fraction of sp³-hybridized carbons (Fsp3) is 1.00. The molecular formula is C7H13F2N. The molecule has 0 unspecified atom stereocenters. The number of hydrogen-bond acceptors (Lipinski definition) is 1. The summed E-state index contributed by atoms with van der Waals surface area (Å²) in [6.07, 6.45) is 2.85. The molecule has 0 radical (unpaired) electrons. The summed E-state index contributed by atoms with van der Waals surface area (Å²) in [5, 5.41) is 0. The Morgan fingerprint density at radius 2 is 1.90 bits per heavy atom. The van der Waals surface area contributed by atoms with Gasteiger partial charge in [0.25, 0.3) is 5.92 Å². The first-order valence-electron chi connectivity index (χ1n) is 3.76. The largest absolute Gasteiger partial charge is 0.323 e. The first-order valence-corrected chi connectivity index (χ1v) is 3.76. The Morgan fingerprint density at radius 1 is 1.20 bits per heavy atom.